The van der Waals surface area contributed by atoms with Crippen molar-refractivity contribution < 1.29 is 9.66 Å². The zero-order valence-electron chi connectivity index (χ0n) is 12.0. The average Bonchev–Trinajstić information content (AvgIpc) is 2.92. The van der Waals surface area contributed by atoms with Gasteiger partial charge in [0, 0.05) is 13.1 Å². The number of benzene rings is 1. The largest absolute Gasteiger partial charge is 0.490 e. The summed E-state index contributed by atoms with van der Waals surface area (Å²) >= 11 is 0. The minimum Gasteiger partial charge on any atom is -0.490 e. The second-order valence-electron chi connectivity index (χ2n) is 5.04. The number of likely N-dealkylation sites (tertiary alicyclic amines) is 1. The summed E-state index contributed by atoms with van der Waals surface area (Å²) in [7, 11) is 1.45. The minimum atomic E-state index is -0.395. The second-order valence-corrected chi connectivity index (χ2v) is 5.04. The van der Waals surface area contributed by atoms with Gasteiger partial charge < -0.3 is 15.0 Å². The SMILES string of the molecule is CCN1CCC(CNc2cccc(OC)c2[N+](=O)[O-])C1. The van der Waals surface area contributed by atoms with Crippen molar-refractivity contribution in [2.75, 3.05) is 38.6 Å². The van der Waals surface area contributed by atoms with Crippen molar-refractivity contribution in [3.63, 3.8) is 0 Å². The molecule has 0 amide bonds. The van der Waals surface area contributed by atoms with Crippen molar-refractivity contribution in [1.82, 2.24) is 4.90 Å². The molecule has 1 fully saturated rings. The van der Waals surface area contributed by atoms with E-state index in [1.54, 1.807) is 18.2 Å². The summed E-state index contributed by atoms with van der Waals surface area (Å²) in [5.41, 5.74) is 0.546. The van der Waals surface area contributed by atoms with Crippen molar-refractivity contribution in [2.24, 2.45) is 5.92 Å². The van der Waals surface area contributed by atoms with Crippen LogP contribution in [-0.2, 0) is 0 Å². The standard InChI is InChI=1S/C14H21N3O3/c1-3-16-8-7-11(10-16)9-15-12-5-4-6-13(20-2)14(12)17(18)19/h4-6,11,15H,3,7-10H2,1-2H3. The Balaban J connectivity index is 2.04. The summed E-state index contributed by atoms with van der Waals surface area (Å²) in [6, 6.07) is 5.10. The zero-order chi connectivity index (χ0) is 14.5. The highest BCUT2D eigenvalue weighted by Crippen LogP contribution is 2.34. The molecule has 1 saturated heterocycles. The highest BCUT2D eigenvalue weighted by molar-refractivity contribution is 5.68. The Morgan fingerprint density at radius 1 is 1.55 bits per heavy atom. The van der Waals surface area contributed by atoms with Gasteiger partial charge in [-0.2, -0.15) is 0 Å². The number of nitro groups is 1. The van der Waals surface area contributed by atoms with Crippen LogP contribution in [0.4, 0.5) is 11.4 Å². The van der Waals surface area contributed by atoms with Gasteiger partial charge in [0.05, 0.1) is 12.0 Å². The van der Waals surface area contributed by atoms with Gasteiger partial charge in [-0.05, 0) is 37.6 Å². The summed E-state index contributed by atoms with van der Waals surface area (Å²) in [6.45, 7) is 6.15. The number of hydrogen-bond donors (Lipinski definition) is 1. The Kier molecular flexibility index (Phi) is 4.79. The van der Waals surface area contributed by atoms with Crippen LogP contribution < -0.4 is 10.1 Å². The van der Waals surface area contributed by atoms with Gasteiger partial charge in [0.25, 0.3) is 0 Å². The molecule has 1 aliphatic heterocycles. The van der Waals surface area contributed by atoms with E-state index in [4.69, 9.17) is 4.74 Å². The number of anilines is 1. The van der Waals surface area contributed by atoms with Crippen LogP contribution in [-0.4, -0.2) is 43.1 Å². The average molecular weight is 279 g/mol. The van der Waals surface area contributed by atoms with Crippen molar-refractivity contribution >= 4 is 11.4 Å². The van der Waals surface area contributed by atoms with E-state index in [1.807, 2.05) is 0 Å². The van der Waals surface area contributed by atoms with Gasteiger partial charge in [-0.25, -0.2) is 0 Å². The van der Waals surface area contributed by atoms with Crippen LogP contribution in [0.3, 0.4) is 0 Å². The lowest BCUT2D eigenvalue weighted by Gasteiger charge is -2.15. The Morgan fingerprint density at radius 3 is 2.95 bits per heavy atom. The second kappa shape index (κ2) is 6.56. The highest BCUT2D eigenvalue weighted by Gasteiger charge is 2.24. The molecule has 0 aliphatic carbocycles. The first-order valence-corrected chi connectivity index (χ1v) is 6.93. The van der Waals surface area contributed by atoms with Crippen LogP contribution in [0.5, 0.6) is 5.75 Å². The van der Waals surface area contributed by atoms with Gasteiger partial charge in [0.15, 0.2) is 5.75 Å². The molecule has 0 spiro atoms. The number of hydrogen-bond acceptors (Lipinski definition) is 5. The molecule has 1 N–H and O–H groups in total. The molecule has 6 heteroatoms. The van der Waals surface area contributed by atoms with E-state index in [2.05, 4.69) is 17.1 Å². The number of nitro benzene ring substituents is 1. The molecule has 0 saturated carbocycles. The van der Waals surface area contributed by atoms with E-state index in [1.165, 1.54) is 7.11 Å². The van der Waals surface area contributed by atoms with Crippen LogP contribution in [0.15, 0.2) is 18.2 Å². The Bertz CT molecular complexity index is 479. The molecule has 0 radical (unpaired) electrons. The number of ether oxygens (including phenoxy) is 1. The Hall–Kier alpha value is -1.82. The molecule has 1 aromatic rings. The lowest BCUT2D eigenvalue weighted by molar-refractivity contribution is -0.384. The van der Waals surface area contributed by atoms with Gasteiger partial charge in [0.2, 0.25) is 0 Å². The molecule has 1 atom stereocenters. The third-order valence-electron chi connectivity index (χ3n) is 3.80. The zero-order valence-corrected chi connectivity index (χ0v) is 12.0. The van der Waals surface area contributed by atoms with Crippen LogP contribution >= 0.6 is 0 Å². The molecule has 1 aliphatic rings. The first-order valence-electron chi connectivity index (χ1n) is 6.93. The summed E-state index contributed by atoms with van der Waals surface area (Å²) in [6.07, 6.45) is 1.14. The third-order valence-corrected chi connectivity index (χ3v) is 3.80. The summed E-state index contributed by atoms with van der Waals surface area (Å²) in [5.74, 6) is 0.836. The fraction of sp³-hybridized carbons (Fsp3) is 0.571. The highest BCUT2D eigenvalue weighted by atomic mass is 16.6. The van der Waals surface area contributed by atoms with Crippen molar-refractivity contribution in [2.45, 2.75) is 13.3 Å². The number of para-hydroxylation sites is 1. The van der Waals surface area contributed by atoms with Gasteiger partial charge >= 0.3 is 5.69 Å². The van der Waals surface area contributed by atoms with E-state index in [0.717, 1.165) is 32.6 Å². The first kappa shape index (κ1) is 14.6. The molecule has 1 heterocycles. The van der Waals surface area contributed by atoms with Gasteiger partial charge in [-0.1, -0.05) is 13.0 Å². The lowest BCUT2D eigenvalue weighted by atomic mass is 10.1. The molecule has 110 valence electrons. The van der Waals surface area contributed by atoms with Gasteiger partial charge in [0.1, 0.15) is 5.69 Å². The lowest BCUT2D eigenvalue weighted by Crippen LogP contribution is -2.22. The molecule has 6 nitrogen and oxygen atoms in total. The topological polar surface area (TPSA) is 67.6 Å². The van der Waals surface area contributed by atoms with Crippen LogP contribution in [0.1, 0.15) is 13.3 Å². The number of nitrogens with one attached hydrogen (secondary N) is 1. The van der Waals surface area contributed by atoms with E-state index in [-0.39, 0.29) is 5.69 Å². The fourth-order valence-electron chi connectivity index (χ4n) is 2.64. The molecular weight excluding hydrogens is 258 g/mol. The van der Waals surface area contributed by atoms with E-state index in [0.29, 0.717) is 17.4 Å². The number of rotatable bonds is 6. The molecule has 2 rings (SSSR count). The van der Waals surface area contributed by atoms with E-state index >= 15 is 0 Å². The van der Waals surface area contributed by atoms with E-state index in [9.17, 15) is 10.1 Å². The quantitative estimate of drug-likeness (QED) is 0.639. The summed E-state index contributed by atoms with van der Waals surface area (Å²) in [5, 5.41) is 14.4. The Labute approximate surface area is 118 Å². The first-order chi connectivity index (χ1) is 9.65. The summed E-state index contributed by atoms with van der Waals surface area (Å²) in [4.78, 5) is 13.2. The normalized spacial score (nSPS) is 19.0. The predicted octanol–water partition coefficient (Wildman–Crippen LogP) is 2.36. The number of nitrogens with zero attached hydrogens (tertiary/aromatic N) is 2. The van der Waals surface area contributed by atoms with Crippen molar-refractivity contribution in [1.29, 1.82) is 0 Å². The van der Waals surface area contributed by atoms with Gasteiger partial charge in [-0.3, -0.25) is 10.1 Å². The molecular formula is C14H21N3O3. The maximum atomic E-state index is 11.2. The molecule has 1 unspecified atom stereocenters. The minimum absolute atomic E-state index is 0.0142. The van der Waals surface area contributed by atoms with Crippen molar-refractivity contribution in [3.05, 3.63) is 28.3 Å². The molecule has 20 heavy (non-hydrogen) atoms. The maximum Gasteiger partial charge on any atom is 0.333 e. The van der Waals surface area contributed by atoms with Crippen LogP contribution in [0, 0.1) is 16.0 Å². The van der Waals surface area contributed by atoms with E-state index < -0.39 is 4.92 Å². The molecule has 0 bridgehead atoms. The molecule has 0 aromatic heterocycles. The van der Waals surface area contributed by atoms with Crippen LogP contribution in [0.2, 0.25) is 0 Å². The smallest absolute Gasteiger partial charge is 0.333 e. The Morgan fingerprint density at radius 2 is 2.35 bits per heavy atom. The van der Waals surface area contributed by atoms with Crippen LogP contribution in [0.25, 0.3) is 0 Å². The summed E-state index contributed by atoms with van der Waals surface area (Å²) < 4.78 is 5.06. The molecule has 1 aromatic carbocycles. The number of methoxy groups -OCH3 is 1. The monoisotopic (exact) mass is 279 g/mol. The third kappa shape index (κ3) is 3.19. The van der Waals surface area contributed by atoms with Gasteiger partial charge in [-0.15, -0.1) is 0 Å². The maximum absolute atomic E-state index is 11.2. The van der Waals surface area contributed by atoms with Crippen molar-refractivity contribution in [3.8, 4) is 5.75 Å². The fourth-order valence-corrected chi connectivity index (χ4v) is 2.64. The predicted molar refractivity (Wildman–Crippen MR) is 78.4 cm³/mol.